The third kappa shape index (κ3) is 3.71. The van der Waals surface area contributed by atoms with Crippen molar-refractivity contribution in [2.45, 2.75) is 6.42 Å². The van der Waals surface area contributed by atoms with Gasteiger partial charge in [0.2, 0.25) is 17.7 Å². The molecule has 1 N–H and O–H groups in total. The molecule has 4 rings (SSSR count). The van der Waals surface area contributed by atoms with Crippen molar-refractivity contribution in [1.29, 1.82) is 0 Å². The second-order valence-electron chi connectivity index (χ2n) is 6.92. The standard InChI is InChI=1S/C20H19N5O4/c26-16-11-13(12-25(16)14-5-2-1-3-6-14)18(27)22-9-10-24-19(28)15-7-4-8-21-17(15)23-20(24)29/h1-8,13,15H,9-12H2,(H,22,27). The number of imide groups is 1. The smallest absolute Gasteiger partial charge is 0.352 e. The summed E-state index contributed by atoms with van der Waals surface area (Å²) in [6.45, 7) is 0.406. The molecule has 148 valence electrons. The average molecular weight is 393 g/mol. The van der Waals surface area contributed by atoms with Gasteiger partial charge >= 0.3 is 6.03 Å². The van der Waals surface area contributed by atoms with Gasteiger partial charge in [-0.25, -0.2) is 9.79 Å². The average Bonchev–Trinajstić information content (AvgIpc) is 3.13. The minimum absolute atomic E-state index is 0.0112. The second kappa shape index (κ2) is 7.78. The Bertz CT molecular complexity index is 953. The maximum atomic E-state index is 12.5. The SMILES string of the molecule is O=C(NCCN1C(=O)N=C2N=CC=CC2C1=O)C1CC(=O)N(c2ccccc2)C1. The van der Waals surface area contributed by atoms with Crippen LogP contribution < -0.4 is 10.2 Å². The number of nitrogens with one attached hydrogen (secondary N) is 1. The highest BCUT2D eigenvalue weighted by Gasteiger charge is 2.37. The molecule has 1 aromatic rings. The summed E-state index contributed by atoms with van der Waals surface area (Å²) in [6.07, 6.45) is 4.87. The van der Waals surface area contributed by atoms with Crippen LogP contribution in [0, 0.1) is 11.8 Å². The third-order valence-electron chi connectivity index (χ3n) is 5.05. The number of hydrogen-bond donors (Lipinski definition) is 1. The largest absolute Gasteiger partial charge is 0.354 e. The van der Waals surface area contributed by atoms with Gasteiger partial charge in [-0.05, 0) is 18.2 Å². The van der Waals surface area contributed by atoms with Crippen molar-refractivity contribution in [3.63, 3.8) is 0 Å². The zero-order valence-corrected chi connectivity index (χ0v) is 15.5. The van der Waals surface area contributed by atoms with Crippen LogP contribution in [0.2, 0.25) is 0 Å². The maximum absolute atomic E-state index is 12.5. The molecule has 29 heavy (non-hydrogen) atoms. The number of carbonyl (C=O) groups excluding carboxylic acids is 4. The molecule has 0 aromatic heterocycles. The summed E-state index contributed by atoms with van der Waals surface area (Å²) in [5, 5.41) is 2.72. The Hall–Kier alpha value is -3.62. The van der Waals surface area contributed by atoms with Crippen molar-refractivity contribution in [2.75, 3.05) is 24.5 Å². The Morgan fingerprint density at radius 2 is 1.97 bits per heavy atom. The van der Waals surface area contributed by atoms with E-state index in [9.17, 15) is 19.2 Å². The number of carbonyl (C=O) groups is 4. The maximum Gasteiger partial charge on any atom is 0.352 e. The lowest BCUT2D eigenvalue weighted by Gasteiger charge is -2.27. The highest BCUT2D eigenvalue weighted by atomic mass is 16.2. The molecule has 0 aliphatic carbocycles. The van der Waals surface area contributed by atoms with Crippen molar-refractivity contribution in [2.24, 2.45) is 21.8 Å². The molecule has 5 amide bonds. The van der Waals surface area contributed by atoms with E-state index >= 15 is 0 Å². The lowest BCUT2D eigenvalue weighted by molar-refractivity contribution is -0.130. The molecule has 0 radical (unpaired) electrons. The molecular formula is C20H19N5O4. The van der Waals surface area contributed by atoms with Crippen LogP contribution in [-0.2, 0) is 14.4 Å². The van der Waals surface area contributed by atoms with Gasteiger partial charge in [0.05, 0.1) is 5.92 Å². The van der Waals surface area contributed by atoms with Crippen LogP contribution in [-0.4, -0.2) is 60.3 Å². The number of allylic oxidation sites excluding steroid dienone is 1. The van der Waals surface area contributed by atoms with Crippen LogP contribution in [0.15, 0.2) is 52.5 Å². The predicted octanol–water partition coefficient (Wildman–Crippen LogP) is 0.773. The Kier molecular flexibility index (Phi) is 5.03. The summed E-state index contributed by atoms with van der Waals surface area (Å²) in [7, 11) is 0. The number of rotatable bonds is 5. The highest BCUT2D eigenvalue weighted by molar-refractivity contribution is 6.19. The molecule has 9 nitrogen and oxygen atoms in total. The molecule has 1 saturated heterocycles. The Morgan fingerprint density at radius 3 is 2.76 bits per heavy atom. The second-order valence-corrected chi connectivity index (χ2v) is 6.92. The van der Waals surface area contributed by atoms with Crippen LogP contribution in [0.4, 0.5) is 10.5 Å². The van der Waals surface area contributed by atoms with Crippen LogP contribution in [0.25, 0.3) is 0 Å². The minimum Gasteiger partial charge on any atom is -0.354 e. The van der Waals surface area contributed by atoms with Gasteiger partial charge in [0.1, 0.15) is 11.8 Å². The number of para-hydroxylation sites is 1. The van der Waals surface area contributed by atoms with E-state index in [2.05, 4.69) is 15.3 Å². The quantitative estimate of drug-likeness (QED) is 0.796. The fourth-order valence-corrected chi connectivity index (χ4v) is 3.54. The first kappa shape index (κ1) is 18.7. The summed E-state index contributed by atoms with van der Waals surface area (Å²) < 4.78 is 0. The normalized spacial score (nSPS) is 23.3. The Balaban J connectivity index is 1.32. The molecule has 1 aromatic carbocycles. The first-order valence-corrected chi connectivity index (χ1v) is 9.32. The fraction of sp³-hybridized carbons (Fsp3) is 0.300. The molecule has 0 bridgehead atoms. The van der Waals surface area contributed by atoms with E-state index in [0.29, 0.717) is 6.54 Å². The summed E-state index contributed by atoms with van der Waals surface area (Å²) in [6, 6.07) is 8.50. The molecule has 0 saturated carbocycles. The van der Waals surface area contributed by atoms with E-state index in [1.54, 1.807) is 17.1 Å². The van der Waals surface area contributed by atoms with Crippen LogP contribution >= 0.6 is 0 Å². The van der Waals surface area contributed by atoms with E-state index < -0.39 is 23.8 Å². The van der Waals surface area contributed by atoms with E-state index in [1.807, 2.05) is 30.3 Å². The zero-order valence-electron chi connectivity index (χ0n) is 15.5. The van der Waals surface area contributed by atoms with Gasteiger partial charge in [0.15, 0.2) is 0 Å². The predicted molar refractivity (Wildman–Crippen MR) is 106 cm³/mol. The van der Waals surface area contributed by atoms with E-state index in [-0.39, 0.29) is 37.2 Å². The minimum atomic E-state index is -0.686. The van der Waals surface area contributed by atoms with Crippen LogP contribution in [0.5, 0.6) is 0 Å². The van der Waals surface area contributed by atoms with Crippen molar-refractivity contribution >= 4 is 41.5 Å². The van der Waals surface area contributed by atoms with E-state index in [4.69, 9.17) is 0 Å². The molecule has 3 heterocycles. The third-order valence-corrected chi connectivity index (χ3v) is 5.05. The van der Waals surface area contributed by atoms with Crippen LogP contribution in [0.1, 0.15) is 6.42 Å². The lowest BCUT2D eigenvalue weighted by Crippen LogP contribution is -2.49. The highest BCUT2D eigenvalue weighted by Crippen LogP contribution is 2.25. The monoisotopic (exact) mass is 393 g/mol. The number of urea groups is 1. The van der Waals surface area contributed by atoms with Gasteiger partial charge in [0.25, 0.3) is 0 Å². The number of anilines is 1. The van der Waals surface area contributed by atoms with E-state index in [1.165, 1.54) is 6.21 Å². The number of nitrogens with zero attached hydrogens (tertiary/aromatic N) is 4. The molecule has 3 aliphatic heterocycles. The molecule has 2 unspecified atom stereocenters. The van der Waals surface area contributed by atoms with Gasteiger partial charge in [-0.15, -0.1) is 0 Å². The van der Waals surface area contributed by atoms with Crippen LogP contribution in [0.3, 0.4) is 0 Å². The number of aliphatic imine (C=N–C) groups is 2. The number of fused-ring (bicyclic) bond motifs is 1. The van der Waals surface area contributed by atoms with Crippen molar-refractivity contribution in [3.8, 4) is 0 Å². The topological polar surface area (TPSA) is 112 Å². The number of benzene rings is 1. The Morgan fingerprint density at radius 1 is 1.17 bits per heavy atom. The van der Waals surface area contributed by atoms with E-state index in [0.717, 1.165) is 10.6 Å². The number of amidine groups is 1. The summed E-state index contributed by atoms with van der Waals surface area (Å²) >= 11 is 0. The molecule has 9 heteroatoms. The molecule has 1 fully saturated rings. The van der Waals surface area contributed by atoms with Gasteiger partial charge in [0, 0.05) is 38.0 Å². The Labute approximate surface area is 166 Å². The molecule has 3 aliphatic rings. The molecule has 2 atom stereocenters. The molecule has 0 spiro atoms. The lowest BCUT2D eigenvalue weighted by atomic mass is 10.0. The van der Waals surface area contributed by atoms with Gasteiger partial charge in [-0.1, -0.05) is 24.3 Å². The van der Waals surface area contributed by atoms with Crippen molar-refractivity contribution in [3.05, 3.63) is 42.5 Å². The van der Waals surface area contributed by atoms with Gasteiger partial charge < -0.3 is 10.2 Å². The number of amides is 5. The summed E-state index contributed by atoms with van der Waals surface area (Å²) in [5.41, 5.74) is 0.758. The first-order chi connectivity index (χ1) is 14.0. The van der Waals surface area contributed by atoms with Crippen molar-refractivity contribution < 1.29 is 19.2 Å². The first-order valence-electron chi connectivity index (χ1n) is 9.32. The summed E-state index contributed by atoms with van der Waals surface area (Å²) in [5.74, 6) is -1.75. The van der Waals surface area contributed by atoms with Gasteiger partial charge in [-0.2, -0.15) is 4.99 Å². The molecular weight excluding hydrogens is 374 g/mol. The zero-order chi connectivity index (χ0) is 20.4. The van der Waals surface area contributed by atoms with Crippen molar-refractivity contribution in [1.82, 2.24) is 10.2 Å². The number of hydrogen-bond acceptors (Lipinski definition) is 5. The summed E-state index contributed by atoms with van der Waals surface area (Å²) in [4.78, 5) is 59.7. The fourth-order valence-electron chi connectivity index (χ4n) is 3.54. The number of dihydropyridines is 1. The van der Waals surface area contributed by atoms with Gasteiger partial charge in [-0.3, -0.25) is 19.3 Å².